The second kappa shape index (κ2) is 6.24. The zero-order valence-electron chi connectivity index (χ0n) is 13.2. The molecular formula is C16H28N4O. The Morgan fingerprint density at radius 2 is 2.05 bits per heavy atom. The van der Waals surface area contributed by atoms with Crippen molar-refractivity contribution in [3.63, 3.8) is 0 Å². The highest BCUT2D eigenvalue weighted by Crippen LogP contribution is 2.45. The Labute approximate surface area is 127 Å². The summed E-state index contributed by atoms with van der Waals surface area (Å²) in [5, 5.41) is 6.35. The number of amides is 1. The van der Waals surface area contributed by atoms with E-state index < -0.39 is 0 Å². The molecule has 21 heavy (non-hydrogen) atoms. The Morgan fingerprint density at radius 3 is 2.71 bits per heavy atom. The third kappa shape index (κ3) is 3.69. The van der Waals surface area contributed by atoms with Gasteiger partial charge in [0.15, 0.2) is 5.96 Å². The van der Waals surface area contributed by atoms with Crippen LogP contribution in [0.25, 0.3) is 0 Å². The van der Waals surface area contributed by atoms with Crippen LogP contribution in [-0.4, -0.2) is 49.0 Å². The number of aliphatic imine (C=N–C) groups is 1. The lowest BCUT2D eigenvalue weighted by Crippen LogP contribution is -2.42. The van der Waals surface area contributed by atoms with Crippen LogP contribution in [0, 0.1) is 5.41 Å². The van der Waals surface area contributed by atoms with Gasteiger partial charge in [-0.15, -0.1) is 0 Å². The van der Waals surface area contributed by atoms with Crippen LogP contribution in [0.3, 0.4) is 0 Å². The molecule has 1 aliphatic heterocycles. The first-order chi connectivity index (χ1) is 10.2. The van der Waals surface area contributed by atoms with E-state index in [2.05, 4.69) is 27.4 Å². The van der Waals surface area contributed by atoms with Gasteiger partial charge >= 0.3 is 0 Å². The van der Waals surface area contributed by atoms with Crippen LogP contribution >= 0.6 is 0 Å². The van der Waals surface area contributed by atoms with E-state index in [4.69, 9.17) is 0 Å². The van der Waals surface area contributed by atoms with Crippen molar-refractivity contribution in [2.24, 2.45) is 10.4 Å². The standard InChI is InChI=1S/C16H28N4O/c1-2-17-15(18-11-14(21)19-13-5-6-13)20-10-9-16(12-20)7-3-4-8-16/h13H,2-12H2,1H3,(H,17,18)(H,19,21). The van der Waals surface area contributed by atoms with E-state index in [-0.39, 0.29) is 12.5 Å². The van der Waals surface area contributed by atoms with E-state index in [0.717, 1.165) is 38.4 Å². The molecule has 1 spiro atoms. The molecule has 0 bridgehead atoms. The molecule has 2 saturated carbocycles. The zero-order valence-corrected chi connectivity index (χ0v) is 13.2. The number of carbonyl (C=O) groups excluding carboxylic acids is 1. The fraction of sp³-hybridized carbons (Fsp3) is 0.875. The van der Waals surface area contributed by atoms with Crippen LogP contribution in [-0.2, 0) is 4.79 Å². The van der Waals surface area contributed by atoms with Crippen LogP contribution in [0.1, 0.15) is 51.9 Å². The number of nitrogens with zero attached hydrogens (tertiary/aromatic N) is 2. The van der Waals surface area contributed by atoms with Gasteiger partial charge in [-0.2, -0.15) is 0 Å². The Bertz CT molecular complexity index is 411. The molecule has 3 aliphatic rings. The van der Waals surface area contributed by atoms with E-state index in [0.29, 0.717) is 11.5 Å². The van der Waals surface area contributed by atoms with Gasteiger partial charge < -0.3 is 15.5 Å². The molecule has 5 nitrogen and oxygen atoms in total. The van der Waals surface area contributed by atoms with Crippen molar-refractivity contribution in [1.82, 2.24) is 15.5 Å². The van der Waals surface area contributed by atoms with Crippen LogP contribution in [0.5, 0.6) is 0 Å². The molecular weight excluding hydrogens is 264 g/mol. The SMILES string of the molecule is CCNC(=NCC(=O)NC1CC1)N1CCC2(CCCC2)C1. The quantitative estimate of drug-likeness (QED) is 0.610. The van der Waals surface area contributed by atoms with Crippen LogP contribution in [0.15, 0.2) is 4.99 Å². The predicted molar refractivity (Wildman–Crippen MR) is 84.2 cm³/mol. The first kappa shape index (κ1) is 14.7. The number of hydrogen-bond acceptors (Lipinski definition) is 2. The lowest BCUT2D eigenvalue weighted by Gasteiger charge is -2.25. The van der Waals surface area contributed by atoms with Crippen molar-refractivity contribution in [2.75, 3.05) is 26.2 Å². The summed E-state index contributed by atoms with van der Waals surface area (Å²) < 4.78 is 0. The highest BCUT2D eigenvalue weighted by Gasteiger charge is 2.41. The van der Waals surface area contributed by atoms with E-state index in [1.165, 1.54) is 32.1 Å². The van der Waals surface area contributed by atoms with Crippen molar-refractivity contribution >= 4 is 11.9 Å². The molecule has 1 saturated heterocycles. The normalized spacial score (nSPS) is 24.6. The van der Waals surface area contributed by atoms with E-state index in [1.807, 2.05) is 0 Å². The molecule has 2 N–H and O–H groups in total. The average molecular weight is 292 g/mol. The van der Waals surface area contributed by atoms with Gasteiger partial charge in [0.05, 0.1) is 0 Å². The van der Waals surface area contributed by atoms with Crippen molar-refractivity contribution in [1.29, 1.82) is 0 Å². The number of carbonyl (C=O) groups is 1. The van der Waals surface area contributed by atoms with Gasteiger partial charge in [-0.1, -0.05) is 12.8 Å². The molecule has 1 heterocycles. The molecule has 3 rings (SSSR count). The number of guanidine groups is 1. The first-order valence-electron chi connectivity index (χ1n) is 8.53. The summed E-state index contributed by atoms with van der Waals surface area (Å²) in [6.45, 7) is 5.38. The van der Waals surface area contributed by atoms with Crippen LogP contribution in [0.4, 0.5) is 0 Å². The number of likely N-dealkylation sites (tertiary alicyclic amines) is 1. The minimum absolute atomic E-state index is 0.0580. The maximum atomic E-state index is 11.8. The van der Waals surface area contributed by atoms with E-state index in [9.17, 15) is 4.79 Å². The Hall–Kier alpha value is -1.26. The van der Waals surface area contributed by atoms with Gasteiger partial charge in [0.1, 0.15) is 6.54 Å². The van der Waals surface area contributed by atoms with Crippen molar-refractivity contribution in [3.8, 4) is 0 Å². The van der Waals surface area contributed by atoms with Gasteiger partial charge in [-0.05, 0) is 44.4 Å². The summed E-state index contributed by atoms with van der Waals surface area (Å²) >= 11 is 0. The highest BCUT2D eigenvalue weighted by molar-refractivity contribution is 5.85. The van der Waals surface area contributed by atoms with Crippen LogP contribution < -0.4 is 10.6 Å². The molecule has 1 amide bonds. The molecule has 0 aromatic rings. The van der Waals surface area contributed by atoms with Gasteiger partial charge in [0.25, 0.3) is 0 Å². The number of nitrogens with one attached hydrogen (secondary N) is 2. The smallest absolute Gasteiger partial charge is 0.242 e. The third-order valence-electron chi connectivity index (χ3n) is 5.05. The van der Waals surface area contributed by atoms with Gasteiger partial charge in [-0.3, -0.25) is 4.79 Å². The minimum atomic E-state index is 0.0580. The maximum Gasteiger partial charge on any atom is 0.242 e. The maximum absolute atomic E-state index is 11.8. The molecule has 118 valence electrons. The molecule has 0 unspecified atom stereocenters. The summed E-state index contributed by atoms with van der Waals surface area (Å²) in [7, 11) is 0. The topological polar surface area (TPSA) is 56.7 Å². The zero-order chi connectivity index (χ0) is 14.7. The average Bonchev–Trinajstić information content (AvgIpc) is 3.02. The van der Waals surface area contributed by atoms with E-state index >= 15 is 0 Å². The van der Waals surface area contributed by atoms with Gasteiger partial charge in [-0.25, -0.2) is 4.99 Å². The molecule has 0 radical (unpaired) electrons. The highest BCUT2D eigenvalue weighted by atomic mass is 16.2. The van der Waals surface area contributed by atoms with Crippen molar-refractivity contribution in [3.05, 3.63) is 0 Å². The molecule has 0 aromatic heterocycles. The van der Waals surface area contributed by atoms with Crippen LogP contribution in [0.2, 0.25) is 0 Å². The summed E-state index contributed by atoms with van der Waals surface area (Å²) in [6.07, 6.45) is 9.03. The monoisotopic (exact) mass is 292 g/mol. The minimum Gasteiger partial charge on any atom is -0.357 e. The third-order valence-corrected chi connectivity index (χ3v) is 5.05. The molecule has 0 atom stereocenters. The summed E-state index contributed by atoms with van der Waals surface area (Å²) in [5.74, 6) is 0.981. The Morgan fingerprint density at radius 1 is 1.29 bits per heavy atom. The Balaban J connectivity index is 1.56. The lowest BCUT2D eigenvalue weighted by atomic mass is 9.86. The van der Waals surface area contributed by atoms with Crippen molar-refractivity contribution in [2.45, 2.75) is 57.9 Å². The van der Waals surface area contributed by atoms with Crippen molar-refractivity contribution < 1.29 is 4.79 Å². The van der Waals surface area contributed by atoms with Gasteiger partial charge in [0.2, 0.25) is 5.91 Å². The first-order valence-corrected chi connectivity index (χ1v) is 8.53. The fourth-order valence-electron chi connectivity index (χ4n) is 3.72. The molecule has 3 fully saturated rings. The number of rotatable bonds is 4. The second-order valence-corrected chi connectivity index (χ2v) is 6.89. The largest absolute Gasteiger partial charge is 0.357 e. The summed E-state index contributed by atoms with van der Waals surface area (Å²) in [6, 6.07) is 0.420. The molecule has 0 aromatic carbocycles. The van der Waals surface area contributed by atoms with E-state index in [1.54, 1.807) is 0 Å². The predicted octanol–water partition coefficient (Wildman–Crippen LogP) is 1.50. The molecule has 2 aliphatic carbocycles. The summed E-state index contributed by atoms with van der Waals surface area (Å²) in [4.78, 5) is 18.7. The number of hydrogen-bond donors (Lipinski definition) is 2. The summed E-state index contributed by atoms with van der Waals surface area (Å²) in [5.41, 5.74) is 0.534. The molecule has 5 heteroatoms. The second-order valence-electron chi connectivity index (χ2n) is 6.89. The Kier molecular flexibility index (Phi) is 4.36. The van der Waals surface area contributed by atoms with Gasteiger partial charge in [0, 0.05) is 25.7 Å². The lowest BCUT2D eigenvalue weighted by molar-refractivity contribution is -0.119. The fourth-order valence-corrected chi connectivity index (χ4v) is 3.72.